The van der Waals surface area contributed by atoms with Crippen LogP contribution < -0.4 is 5.32 Å². The quantitative estimate of drug-likeness (QED) is 0.493. The van der Waals surface area contributed by atoms with Gasteiger partial charge in [-0.25, -0.2) is 13.4 Å². The molecule has 0 aliphatic carbocycles. The zero-order chi connectivity index (χ0) is 22.2. The third kappa shape index (κ3) is 4.06. The Labute approximate surface area is 180 Å². The SMILES string of the molecule is CCS(=O)(=O)c1cccc(NC(=O)c2cc(-c3ccc(C)cc3)nc3onc(C)c23)c1. The number of hydrogen-bond donors (Lipinski definition) is 1. The van der Waals surface area contributed by atoms with Crippen LogP contribution in [0, 0.1) is 13.8 Å². The Kier molecular flexibility index (Phi) is 5.32. The van der Waals surface area contributed by atoms with Crippen LogP contribution in [-0.2, 0) is 9.84 Å². The molecule has 2 aromatic heterocycles. The van der Waals surface area contributed by atoms with Crippen LogP contribution >= 0.6 is 0 Å². The van der Waals surface area contributed by atoms with E-state index in [2.05, 4.69) is 15.5 Å². The molecule has 0 fully saturated rings. The van der Waals surface area contributed by atoms with E-state index in [0.29, 0.717) is 28.0 Å². The highest BCUT2D eigenvalue weighted by atomic mass is 32.2. The molecule has 1 N–H and O–H groups in total. The molecule has 0 saturated heterocycles. The monoisotopic (exact) mass is 435 g/mol. The number of nitrogens with one attached hydrogen (secondary N) is 1. The molecule has 0 unspecified atom stereocenters. The first-order valence-electron chi connectivity index (χ1n) is 9.76. The van der Waals surface area contributed by atoms with Crippen LogP contribution in [0.2, 0.25) is 0 Å². The molecule has 0 saturated carbocycles. The lowest BCUT2D eigenvalue weighted by Gasteiger charge is -2.10. The van der Waals surface area contributed by atoms with Gasteiger partial charge in [0.2, 0.25) is 0 Å². The van der Waals surface area contributed by atoms with E-state index in [1.807, 2.05) is 31.2 Å². The summed E-state index contributed by atoms with van der Waals surface area (Å²) in [5, 5.41) is 7.27. The minimum absolute atomic E-state index is 0.0187. The predicted octanol–water partition coefficient (Wildman–Crippen LogP) is 4.55. The smallest absolute Gasteiger partial charge is 0.259 e. The van der Waals surface area contributed by atoms with Crippen LogP contribution in [0.1, 0.15) is 28.5 Å². The van der Waals surface area contributed by atoms with Gasteiger partial charge in [-0.1, -0.05) is 48.0 Å². The number of carbonyl (C=O) groups is 1. The number of aryl methyl sites for hydroxylation is 2. The number of amides is 1. The van der Waals surface area contributed by atoms with E-state index in [1.54, 1.807) is 32.0 Å². The fraction of sp³-hybridized carbons (Fsp3) is 0.174. The molecule has 4 rings (SSSR count). The first-order chi connectivity index (χ1) is 14.8. The van der Waals surface area contributed by atoms with Crippen molar-refractivity contribution in [3.8, 4) is 11.3 Å². The minimum Gasteiger partial charge on any atom is -0.335 e. The van der Waals surface area contributed by atoms with Crippen LogP contribution in [0.25, 0.3) is 22.4 Å². The summed E-state index contributed by atoms with van der Waals surface area (Å²) in [6.07, 6.45) is 0. The molecule has 2 heterocycles. The molecule has 0 radical (unpaired) electrons. The molecule has 2 aromatic carbocycles. The Balaban J connectivity index is 1.76. The van der Waals surface area contributed by atoms with E-state index in [-0.39, 0.29) is 16.4 Å². The number of rotatable bonds is 5. The highest BCUT2D eigenvalue weighted by Gasteiger charge is 2.20. The Morgan fingerprint density at radius 2 is 1.81 bits per heavy atom. The van der Waals surface area contributed by atoms with Crippen molar-refractivity contribution in [2.45, 2.75) is 25.7 Å². The van der Waals surface area contributed by atoms with Crippen LogP contribution in [0.3, 0.4) is 0 Å². The number of benzene rings is 2. The van der Waals surface area contributed by atoms with Gasteiger partial charge in [-0.2, -0.15) is 0 Å². The first kappa shape index (κ1) is 20.7. The maximum absolute atomic E-state index is 13.2. The maximum atomic E-state index is 13.2. The Hall–Kier alpha value is -3.52. The lowest BCUT2D eigenvalue weighted by atomic mass is 10.0. The zero-order valence-electron chi connectivity index (χ0n) is 17.3. The Morgan fingerprint density at radius 1 is 1.06 bits per heavy atom. The average Bonchev–Trinajstić information content (AvgIpc) is 3.14. The predicted molar refractivity (Wildman–Crippen MR) is 119 cm³/mol. The Bertz CT molecular complexity index is 1390. The van der Waals surface area contributed by atoms with Crippen LogP contribution in [0.15, 0.2) is 64.0 Å². The molecular weight excluding hydrogens is 414 g/mol. The van der Waals surface area contributed by atoms with Gasteiger partial charge in [-0.3, -0.25) is 4.79 Å². The topological polar surface area (TPSA) is 102 Å². The largest absolute Gasteiger partial charge is 0.335 e. The molecule has 1 amide bonds. The van der Waals surface area contributed by atoms with Gasteiger partial charge in [0, 0.05) is 11.3 Å². The van der Waals surface area contributed by atoms with E-state index in [1.165, 1.54) is 12.1 Å². The highest BCUT2D eigenvalue weighted by Crippen LogP contribution is 2.28. The van der Waals surface area contributed by atoms with Gasteiger partial charge >= 0.3 is 0 Å². The summed E-state index contributed by atoms with van der Waals surface area (Å²) in [6, 6.07) is 15.7. The number of hydrogen-bond acceptors (Lipinski definition) is 6. The second-order valence-corrected chi connectivity index (χ2v) is 9.53. The van der Waals surface area contributed by atoms with Crippen LogP contribution in [0.5, 0.6) is 0 Å². The second-order valence-electron chi connectivity index (χ2n) is 7.25. The van der Waals surface area contributed by atoms with Crippen molar-refractivity contribution >= 4 is 32.5 Å². The van der Waals surface area contributed by atoms with E-state index < -0.39 is 15.7 Å². The summed E-state index contributed by atoms with van der Waals surface area (Å²) in [4.78, 5) is 17.9. The summed E-state index contributed by atoms with van der Waals surface area (Å²) < 4.78 is 29.7. The van der Waals surface area contributed by atoms with Gasteiger partial charge in [-0.15, -0.1) is 0 Å². The summed E-state index contributed by atoms with van der Waals surface area (Å²) in [5.74, 6) is -0.423. The summed E-state index contributed by atoms with van der Waals surface area (Å²) >= 11 is 0. The van der Waals surface area contributed by atoms with Crippen molar-refractivity contribution in [3.05, 3.63) is 71.4 Å². The number of anilines is 1. The minimum atomic E-state index is -3.39. The van der Waals surface area contributed by atoms with Gasteiger partial charge in [0.1, 0.15) is 0 Å². The summed E-state index contributed by atoms with van der Waals surface area (Å²) in [6.45, 7) is 5.31. The molecular formula is C23H21N3O4S. The summed E-state index contributed by atoms with van der Waals surface area (Å²) in [7, 11) is -3.39. The molecule has 0 spiro atoms. The van der Waals surface area contributed by atoms with Crippen LogP contribution in [-0.4, -0.2) is 30.2 Å². The molecule has 0 atom stereocenters. The third-order valence-electron chi connectivity index (χ3n) is 5.04. The van der Waals surface area contributed by atoms with Crippen molar-refractivity contribution in [1.29, 1.82) is 0 Å². The fourth-order valence-corrected chi connectivity index (χ4v) is 4.20. The second kappa shape index (κ2) is 7.96. The number of carbonyl (C=O) groups excluding carboxylic acids is 1. The van der Waals surface area contributed by atoms with Gasteiger partial charge in [-0.05, 0) is 38.1 Å². The van der Waals surface area contributed by atoms with Gasteiger partial charge in [0.25, 0.3) is 11.6 Å². The lowest BCUT2D eigenvalue weighted by molar-refractivity contribution is 0.102. The third-order valence-corrected chi connectivity index (χ3v) is 6.77. The standard InChI is InChI=1S/C23H21N3O4S/c1-4-31(28,29)18-7-5-6-17(12-18)24-22(27)19-13-20(16-10-8-14(2)9-11-16)25-23-21(19)15(3)26-30-23/h5-13H,4H2,1-3H3,(H,24,27). The van der Waals surface area contributed by atoms with Crippen molar-refractivity contribution in [2.24, 2.45) is 0 Å². The van der Waals surface area contributed by atoms with Gasteiger partial charge in [0.15, 0.2) is 9.84 Å². The average molecular weight is 436 g/mol. The summed E-state index contributed by atoms with van der Waals surface area (Å²) in [5.41, 5.74) is 4.08. The van der Waals surface area contributed by atoms with Gasteiger partial charge < -0.3 is 9.84 Å². The molecule has 8 heteroatoms. The normalized spacial score (nSPS) is 11.6. The number of fused-ring (bicyclic) bond motifs is 1. The van der Waals surface area contributed by atoms with Crippen molar-refractivity contribution in [1.82, 2.24) is 10.1 Å². The number of aromatic nitrogens is 2. The fourth-order valence-electron chi connectivity index (χ4n) is 3.28. The number of nitrogens with zero attached hydrogens (tertiary/aromatic N) is 2. The maximum Gasteiger partial charge on any atom is 0.259 e. The molecule has 0 aliphatic rings. The lowest BCUT2D eigenvalue weighted by Crippen LogP contribution is -2.14. The molecule has 31 heavy (non-hydrogen) atoms. The highest BCUT2D eigenvalue weighted by molar-refractivity contribution is 7.91. The van der Waals surface area contributed by atoms with E-state index in [9.17, 15) is 13.2 Å². The van der Waals surface area contributed by atoms with Crippen molar-refractivity contribution < 1.29 is 17.7 Å². The Morgan fingerprint density at radius 3 is 2.52 bits per heavy atom. The molecule has 0 aliphatic heterocycles. The molecule has 7 nitrogen and oxygen atoms in total. The first-order valence-corrected chi connectivity index (χ1v) is 11.4. The molecule has 0 bridgehead atoms. The van der Waals surface area contributed by atoms with E-state index >= 15 is 0 Å². The van der Waals surface area contributed by atoms with E-state index in [4.69, 9.17) is 4.52 Å². The van der Waals surface area contributed by atoms with Gasteiger partial charge in [0.05, 0.1) is 33.0 Å². The van der Waals surface area contributed by atoms with Crippen molar-refractivity contribution in [3.63, 3.8) is 0 Å². The number of pyridine rings is 1. The molecule has 158 valence electrons. The van der Waals surface area contributed by atoms with E-state index in [0.717, 1.165) is 11.1 Å². The van der Waals surface area contributed by atoms with Crippen LogP contribution in [0.4, 0.5) is 5.69 Å². The molecule has 4 aromatic rings. The zero-order valence-corrected chi connectivity index (χ0v) is 18.2. The number of sulfone groups is 1. The van der Waals surface area contributed by atoms with Crippen molar-refractivity contribution in [2.75, 3.05) is 11.1 Å².